The summed E-state index contributed by atoms with van der Waals surface area (Å²) in [6, 6.07) is 19.4. The van der Waals surface area contributed by atoms with Crippen LogP contribution in [-0.4, -0.2) is 41.2 Å². The lowest BCUT2D eigenvalue weighted by Crippen LogP contribution is -2.42. The fraction of sp³-hybridized carbons (Fsp3) is 0.200. The number of hydrogen-bond donors (Lipinski definition) is 2. The highest BCUT2D eigenvalue weighted by Gasteiger charge is 2.49. The van der Waals surface area contributed by atoms with Crippen LogP contribution in [0.4, 0.5) is 13.6 Å². The highest BCUT2D eigenvalue weighted by molar-refractivity contribution is 6.07. The average molecular weight is 452 g/mol. The van der Waals surface area contributed by atoms with E-state index in [4.69, 9.17) is 4.74 Å². The van der Waals surface area contributed by atoms with E-state index in [1.165, 1.54) is 13.0 Å². The molecule has 0 aromatic heterocycles. The molecule has 0 spiro atoms. The first-order chi connectivity index (χ1) is 15.8. The Hall–Kier alpha value is -3.78. The van der Waals surface area contributed by atoms with Gasteiger partial charge in [0.15, 0.2) is 11.6 Å². The molecule has 1 aliphatic heterocycles. The molecular weight excluding hydrogens is 430 g/mol. The van der Waals surface area contributed by atoms with Crippen molar-refractivity contribution in [1.82, 2.24) is 10.2 Å². The summed E-state index contributed by atoms with van der Waals surface area (Å²) in [4.78, 5) is 26.1. The fourth-order valence-electron chi connectivity index (χ4n) is 3.70. The first-order valence-electron chi connectivity index (χ1n) is 10.3. The minimum absolute atomic E-state index is 0.103. The Balaban J connectivity index is 1.37. The van der Waals surface area contributed by atoms with E-state index in [0.29, 0.717) is 5.75 Å². The van der Waals surface area contributed by atoms with E-state index >= 15 is 0 Å². The number of ether oxygens (including phenoxy) is 1. The largest absolute Gasteiger partial charge is 0.491 e. The maximum atomic E-state index is 13.6. The number of rotatable bonds is 7. The van der Waals surface area contributed by atoms with Gasteiger partial charge in [0.25, 0.3) is 5.91 Å². The smallest absolute Gasteiger partial charge is 0.325 e. The van der Waals surface area contributed by atoms with Gasteiger partial charge in [0.2, 0.25) is 0 Å². The van der Waals surface area contributed by atoms with Gasteiger partial charge in [-0.15, -0.1) is 0 Å². The molecule has 33 heavy (non-hydrogen) atoms. The number of hydrogen-bond acceptors (Lipinski definition) is 4. The van der Waals surface area contributed by atoms with Gasteiger partial charge in [-0.2, -0.15) is 0 Å². The van der Waals surface area contributed by atoms with Crippen molar-refractivity contribution in [2.24, 2.45) is 0 Å². The third-order valence-corrected chi connectivity index (χ3v) is 5.57. The van der Waals surface area contributed by atoms with Gasteiger partial charge < -0.3 is 15.2 Å². The summed E-state index contributed by atoms with van der Waals surface area (Å²) in [5.74, 6) is -2.33. The molecular formula is C25H22F2N2O4. The summed E-state index contributed by atoms with van der Waals surface area (Å²) in [6.07, 6.45) is -1.15. The summed E-state index contributed by atoms with van der Waals surface area (Å²) < 4.78 is 32.5. The van der Waals surface area contributed by atoms with Crippen LogP contribution < -0.4 is 10.1 Å². The van der Waals surface area contributed by atoms with Gasteiger partial charge in [-0.3, -0.25) is 9.69 Å². The number of β-amino-alcohol motifs (C(OH)–C–C–N with tert-alkyl or cyclic N) is 1. The van der Waals surface area contributed by atoms with Crippen LogP contribution in [0.2, 0.25) is 0 Å². The number of urea groups is 1. The van der Waals surface area contributed by atoms with E-state index in [1.807, 2.05) is 42.5 Å². The predicted octanol–water partition coefficient (Wildman–Crippen LogP) is 3.84. The zero-order valence-electron chi connectivity index (χ0n) is 17.8. The summed E-state index contributed by atoms with van der Waals surface area (Å²) >= 11 is 0. The van der Waals surface area contributed by atoms with Crippen LogP contribution >= 0.6 is 0 Å². The van der Waals surface area contributed by atoms with E-state index in [1.54, 1.807) is 12.1 Å². The van der Waals surface area contributed by atoms with Crippen LogP contribution in [0.15, 0.2) is 72.8 Å². The fourth-order valence-corrected chi connectivity index (χ4v) is 3.70. The number of aliphatic hydroxyl groups is 1. The van der Waals surface area contributed by atoms with Gasteiger partial charge in [0.05, 0.1) is 6.54 Å². The normalized spacial score (nSPS) is 18.8. The topological polar surface area (TPSA) is 78.9 Å². The number of carbonyl (C=O) groups excluding carboxylic acids is 2. The molecule has 3 aromatic carbocycles. The maximum Gasteiger partial charge on any atom is 0.325 e. The van der Waals surface area contributed by atoms with Gasteiger partial charge in [-0.25, -0.2) is 13.6 Å². The van der Waals surface area contributed by atoms with E-state index in [2.05, 4.69) is 5.32 Å². The van der Waals surface area contributed by atoms with Gasteiger partial charge in [-0.1, -0.05) is 48.5 Å². The quantitative estimate of drug-likeness (QED) is 0.534. The Kier molecular flexibility index (Phi) is 6.11. The van der Waals surface area contributed by atoms with Crippen LogP contribution in [-0.2, 0) is 10.3 Å². The second kappa shape index (κ2) is 8.99. The Morgan fingerprint density at radius 3 is 2.30 bits per heavy atom. The number of nitrogens with one attached hydrogen (secondary N) is 1. The van der Waals surface area contributed by atoms with Crippen molar-refractivity contribution in [2.75, 3.05) is 13.2 Å². The molecule has 2 unspecified atom stereocenters. The molecule has 1 fully saturated rings. The summed E-state index contributed by atoms with van der Waals surface area (Å²) in [5, 5.41) is 12.8. The number of carbonyl (C=O) groups is 2. The van der Waals surface area contributed by atoms with Crippen LogP contribution in [0.1, 0.15) is 12.5 Å². The SMILES string of the molecule is CC1(c2ccc(F)c(F)c2)NC(=O)N(CC(O)COc2ccc(-c3ccccc3)cc2)C1=O. The van der Waals surface area contributed by atoms with Crippen molar-refractivity contribution < 1.29 is 28.2 Å². The zero-order chi connectivity index (χ0) is 23.6. The van der Waals surface area contributed by atoms with Gasteiger partial charge in [0.1, 0.15) is 24.0 Å². The molecule has 8 heteroatoms. The third kappa shape index (κ3) is 4.56. The van der Waals surface area contributed by atoms with Crippen LogP contribution in [0.3, 0.4) is 0 Å². The van der Waals surface area contributed by atoms with E-state index in [-0.39, 0.29) is 18.7 Å². The van der Waals surface area contributed by atoms with E-state index in [0.717, 1.165) is 28.2 Å². The standard InChI is InChI=1S/C25H22F2N2O4/c1-25(18-9-12-21(26)22(27)13-18)23(31)29(24(32)28-25)14-19(30)15-33-20-10-7-17(8-11-20)16-5-3-2-4-6-16/h2-13,19,30H,14-15H2,1H3,(H,28,32). The van der Waals surface area contributed by atoms with E-state index < -0.39 is 35.2 Å². The molecule has 1 heterocycles. The zero-order valence-corrected chi connectivity index (χ0v) is 17.8. The molecule has 6 nitrogen and oxygen atoms in total. The van der Waals surface area contributed by atoms with Gasteiger partial charge in [-0.05, 0) is 47.9 Å². The lowest BCUT2D eigenvalue weighted by atomic mass is 9.92. The molecule has 170 valence electrons. The molecule has 0 aliphatic carbocycles. The van der Waals surface area contributed by atoms with Crippen molar-refractivity contribution in [1.29, 1.82) is 0 Å². The number of amides is 3. The molecule has 1 aliphatic rings. The first kappa shape index (κ1) is 22.4. The molecule has 1 saturated heterocycles. The minimum atomic E-state index is -1.57. The number of aliphatic hydroxyl groups excluding tert-OH is 1. The second-order valence-corrected chi connectivity index (χ2v) is 7.96. The van der Waals surface area contributed by atoms with Gasteiger partial charge >= 0.3 is 6.03 Å². The summed E-state index contributed by atoms with van der Waals surface area (Å²) in [7, 11) is 0. The van der Waals surface area contributed by atoms with Crippen molar-refractivity contribution >= 4 is 11.9 Å². The van der Waals surface area contributed by atoms with Gasteiger partial charge in [0, 0.05) is 0 Å². The number of benzene rings is 3. The first-order valence-corrected chi connectivity index (χ1v) is 10.3. The highest BCUT2D eigenvalue weighted by Crippen LogP contribution is 2.30. The molecule has 3 aromatic rings. The Morgan fingerprint density at radius 2 is 1.64 bits per heavy atom. The average Bonchev–Trinajstić information content (AvgIpc) is 3.04. The molecule has 2 N–H and O–H groups in total. The van der Waals surface area contributed by atoms with Crippen LogP contribution in [0.25, 0.3) is 11.1 Å². The van der Waals surface area contributed by atoms with Crippen molar-refractivity contribution in [3.63, 3.8) is 0 Å². The predicted molar refractivity (Wildman–Crippen MR) is 117 cm³/mol. The molecule has 2 atom stereocenters. The van der Waals surface area contributed by atoms with Crippen molar-refractivity contribution in [3.05, 3.63) is 90.0 Å². The van der Waals surface area contributed by atoms with E-state index in [9.17, 15) is 23.5 Å². The monoisotopic (exact) mass is 452 g/mol. The van der Waals surface area contributed by atoms with Crippen molar-refractivity contribution in [2.45, 2.75) is 18.6 Å². The summed E-state index contributed by atoms with van der Waals surface area (Å²) in [6.45, 7) is 0.937. The summed E-state index contributed by atoms with van der Waals surface area (Å²) in [5.41, 5.74) is 0.608. The molecule has 4 rings (SSSR count). The third-order valence-electron chi connectivity index (χ3n) is 5.57. The minimum Gasteiger partial charge on any atom is -0.491 e. The second-order valence-electron chi connectivity index (χ2n) is 7.96. The van der Waals surface area contributed by atoms with Crippen LogP contribution in [0.5, 0.6) is 5.75 Å². The highest BCUT2D eigenvalue weighted by atomic mass is 19.2. The molecule has 0 radical (unpaired) electrons. The molecule has 0 saturated carbocycles. The Bertz CT molecular complexity index is 1170. The Morgan fingerprint density at radius 1 is 0.970 bits per heavy atom. The Labute approximate surface area is 189 Å². The molecule has 3 amide bonds. The molecule has 0 bridgehead atoms. The number of imide groups is 1. The lowest BCUT2D eigenvalue weighted by Gasteiger charge is -2.23. The lowest BCUT2D eigenvalue weighted by molar-refractivity contribution is -0.132. The number of halogens is 2. The van der Waals surface area contributed by atoms with Crippen LogP contribution in [0, 0.1) is 11.6 Å². The number of nitrogens with zero attached hydrogens (tertiary/aromatic N) is 1. The maximum absolute atomic E-state index is 13.6. The van der Waals surface area contributed by atoms with Crippen molar-refractivity contribution in [3.8, 4) is 16.9 Å².